The van der Waals surface area contributed by atoms with Gasteiger partial charge in [-0.25, -0.2) is 4.79 Å². The minimum absolute atomic E-state index is 0.148. The van der Waals surface area contributed by atoms with E-state index >= 15 is 0 Å². The Bertz CT molecular complexity index is 1530. The normalized spacial score (nSPS) is 10.5. The molecular formula is C30H23N3O3S. The van der Waals surface area contributed by atoms with Gasteiger partial charge in [0, 0.05) is 11.3 Å². The Labute approximate surface area is 218 Å². The van der Waals surface area contributed by atoms with Gasteiger partial charge in [-0.3, -0.25) is 15.4 Å². The molecule has 0 aliphatic rings. The smallest absolute Gasteiger partial charge is 0.390 e. The minimum Gasteiger partial charge on any atom is -0.390 e. The molecule has 0 saturated heterocycles. The molecule has 2 amide bonds. The number of carbonyl (C=O) groups excluding carboxylic acids is 2. The van der Waals surface area contributed by atoms with Gasteiger partial charge < -0.3 is 4.74 Å². The first-order valence-corrected chi connectivity index (χ1v) is 12.5. The number of carbonyl (C=O) groups is 2. The highest BCUT2D eigenvalue weighted by molar-refractivity contribution is 7.16. The van der Waals surface area contributed by atoms with Crippen LogP contribution in [0.3, 0.4) is 0 Å². The summed E-state index contributed by atoms with van der Waals surface area (Å²) in [6, 6.07) is 34.6. The van der Waals surface area contributed by atoms with Crippen molar-refractivity contribution in [1.82, 2.24) is 4.98 Å². The largest absolute Gasteiger partial charge is 0.418 e. The van der Waals surface area contributed by atoms with E-state index in [0.29, 0.717) is 21.3 Å². The summed E-state index contributed by atoms with van der Waals surface area (Å²) >= 11 is 1.24. The number of nitrogens with one attached hydrogen (secondary N) is 2. The van der Waals surface area contributed by atoms with Crippen molar-refractivity contribution < 1.29 is 14.3 Å². The maximum atomic E-state index is 13.1. The number of aromatic nitrogens is 1. The second-order valence-corrected chi connectivity index (χ2v) is 9.41. The number of thiazole rings is 1. The molecule has 182 valence electrons. The van der Waals surface area contributed by atoms with Crippen molar-refractivity contribution in [2.45, 2.75) is 6.92 Å². The Morgan fingerprint density at radius 1 is 0.703 bits per heavy atom. The van der Waals surface area contributed by atoms with Crippen LogP contribution in [0.2, 0.25) is 0 Å². The standard InChI is InChI=1S/C30H23N3O3S/c1-20-28(36-30(35)31-24-18-16-22(17-19-24)21-10-4-2-5-11-21)33-29(37-20)32-27(34)26-15-9-8-14-25(26)23-12-6-3-7-13-23/h2-19H,1H3,(H,31,35)(H,32,33,34). The van der Waals surface area contributed by atoms with Gasteiger partial charge in [-0.15, -0.1) is 0 Å². The van der Waals surface area contributed by atoms with Gasteiger partial charge in [0.15, 0.2) is 5.13 Å². The number of hydrogen-bond donors (Lipinski definition) is 2. The summed E-state index contributed by atoms with van der Waals surface area (Å²) in [5, 5.41) is 5.89. The molecule has 0 aliphatic carbocycles. The number of ether oxygens (including phenoxy) is 1. The van der Waals surface area contributed by atoms with Crippen molar-refractivity contribution in [2.24, 2.45) is 0 Å². The molecule has 1 heterocycles. The van der Waals surface area contributed by atoms with Gasteiger partial charge in [0.25, 0.3) is 5.91 Å². The van der Waals surface area contributed by atoms with Gasteiger partial charge in [-0.05, 0) is 47.4 Å². The van der Waals surface area contributed by atoms with Crippen LogP contribution in [0.5, 0.6) is 5.88 Å². The lowest BCUT2D eigenvalue weighted by atomic mass is 9.99. The van der Waals surface area contributed by atoms with Gasteiger partial charge in [0.05, 0.1) is 4.88 Å². The first kappa shape index (κ1) is 24.0. The van der Waals surface area contributed by atoms with Gasteiger partial charge in [-0.2, -0.15) is 4.98 Å². The van der Waals surface area contributed by atoms with Crippen LogP contribution in [-0.4, -0.2) is 17.0 Å². The fourth-order valence-corrected chi connectivity index (χ4v) is 4.59. The Balaban J connectivity index is 1.24. The van der Waals surface area contributed by atoms with E-state index in [4.69, 9.17) is 4.74 Å². The predicted octanol–water partition coefficient (Wildman–Crippen LogP) is 7.65. The van der Waals surface area contributed by atoms with E-state index in [-0.39, 0.29) is 11.8 Å². The molecule has 2 N–H and O–H groups in total. The van der Waals surface area contributed by atoms with Crippen LogP contribution < -0.4 is 15.4 Å². The molecule has 6 nitrogen and oxygen atoms in total. The van der Waals surface area contributed by atoms with E-state index in [9.17, 15) is 9.59 Å². The summed E-state index contributed by atoms with van der Waals surface area (Å²) < 4.78 is 5.42. The number of rotatable bonds is 6. The maximum absolute atomic E-state index is 13.1. The molecule has 0 spiro atoms. The lowest BCUT2D eigenvalue weighted by molar-refractivity contribution is 0.102. The van der Waals surface area contributed by atoms with Crippen molar-refractivity contribution in [3.8, 4) is 28.1 Å². The molecule has 0 aliphatic heterocycles. The number of hydrogen-bond acceptors (Lipinski definition) is 5. The van der Waals surface area contributed by atoms with E-state index < -0.39 is 6.09 Å². The Morgan fingerprint density at radius 3 is 2.00 bits per heavy atom. The summed E-state index contributed by atoms with van der Waals surface area (Å²) in [4.78, 5) is 30.5. The molecule has 5 aromatic rings. The molecule has 5 rings (SSSR count). The van der Waals surface area contributed by atoms with E-state index in [1.807, 2.05) is 103 Å². The quantitative estimate of drug-likeness (QED) is 0.248. The van der Waals surface area contributed by atoms with Crippen LogP contribution in [0.1, 0.15) is 15.2 Å². The highest BCUT2D eigenvalue weighted by Gasteiger charge is 2.18. The molecule has 0 fully saturated rings. The van der Waals surface area contributed by atoms with Crippen LogP contribution in [0.25, 0.3) is 22.3 Å². The Morgan fingerprint density at radius 2 is 1.30 bits per heavy atom. The summed E-state index contributed by atoms with van der Waals surface area (Å²) in [5.74, 6) is -0.141. The summed E-state index contributed by atoms with van der Waals surface area (Å²) in [7, 11) is 0. The van der Waals surface area contributed by atoms with Gasteiger partial charge >= 0.3 is 6.09 Å². The van der Waals surface area contributed by atoms with E-state index in [1.54, 1.807) is 13.0 Å². The van der Waals surface area contributed by atoms with Crippen molar-refractivity contribution in [3.63, 3.8) is 0 Å². The zero-order valence-corrected chi connectivity index (χ0v) is 20.8. The summed E-state index contributed by atoms with van der Waals surface area (Å²) in [6.07, 6.45) is -0.659. The molecule has 0 radical (unpaired) electrons. The number of benzene rings is 4. The second kappa shape index (κ2) is 10.9. The summed E-state index contributed by atoms with van der Waals surface area (Å²) in [6.45, 7) is 1.78. The number of anilines is 2. The molecule has 1 aromatic heterocycles. The molecule has 0 bridgehead atoms. The van der Waals surface area contributed by atoms with Crippen LogP contribution in [0.15, 0.2) is 109 Å². The van der Waals surface area contributed by atoms with Crippen LogP contribution in [0, 0.1) is 6.92 Å². The second-order valence-electron chi connectivity index (χ2n) is 8.20. The van der Waals surface area contributed by atoms with Crippen molar-refractivity contribution in [1.29, 1.82) is 0 Å². The lowest BCUT2D eigenvalue weighted by Crippen LogP contribution is -2.17. The summed E-state index contributed by atoms with van der Waals surface area (Å²) in [5.41, 5.74) is 5.04. The third kappa shape index (κ3) is 5.74. The first-order valence-electron chi connectivity index (χ1n) is 11.6. The maximum Gasteiger partial charge on any atom is 0.418 e. The fraction of sp³-hybridized carbons (Fsp3) is 0.0333. The van der Waals surface area contributed by atoms with E-state index in [1.165, 1.54) is 11.3 Å². The van der Waals surface area contributed by atoms with Crippen LogP contribution in [-0.2, 0) is 0 Å². The van der Waals surface area contributed by atoms with Crippen molar-refractivity contribution in [2.75, 3.05) is 10.6 Å². The third-order valence-electron chi connectivity index (χ3n) is 5.66. The number of nitrogens with zero attached hydrogens (tertiary/aromatic N) is 1. The Kier molecular flexibility index (Phi) is 7.05. The topological polar surface area (TPSA) is 80.3 Å². The van der Waals surface area contributed by atoms with Crippen molar-refractivity contribution in [3.05, 3.63) is 120 Å². The van der Waals surface area contributed by atoms with Gasteiger partial charge in [-0.1, -0.05) is 102 Å². The van der Waals surface area contributed by atoms with Gasteiger partial charge in [0.2, 0.25) is 5.88 Å². The zero-order valence-electron chi connectivity index (χ0n) is 20.0. The Hall–Kier alpha value is -4.75. The van der Waals surface area contributed by atoms with Crippen LogP contribution in [0.4, 0.5) is 15.6 Å². The predicted molar refractivity (Wildman–Crippen MR) is 148 cm³/mol. The lowest BCUT2D eigenvalue weighted by Gasteiger charge is -2.09. The van der Waals surface area contributed by atoms with E-state index in [0.717, 1.165) is 22.3 Å². The third-order valence-corrected chi connectivity index (χ3v) is 6.53. The number of aryl methyl sites for hydroxylation is 1. The molecule has 4 aromatic carbocycles. The number of amides is 2. The average molecular weight is 506 g/mol. The highest BCUT2D eigenvalue weighted by atomic mass is 32.1. The first-order chi connectivity index (χ1) is 18.1. The highest BCUT2D eigenvalue weighted by Crippen LogP contribution is 2.30. The monoisotopic (exact) mass is 505 g/mol. The van der Waals surface area contributed by atoms with Gasteiger partial charge in [0.1, 0.15) is 0 Å². The minimum atomic E-state index is -0.659. The molecule has 37 heavy (non-hydrogen) atoms. The molecule has 0 unspecified atom stereocenters. The van der Waals surface area contributed by atoms with Crippen molar-refractivity contribution >= 4 is 34.2 Å². The molecule has 7 heteroatoms. The molecular weight excluding hydrogens is 482 g/mol. The SMILES string of the molecule is Cc1sc(NC(=O)c2ccccc2-c2ccccc2)nc1OC(=O)Nc1ccc(-c2ccccc2)cc1. The average Bonchev–Trinajstić information content (AvgIpc) is 3.27. The molecule has 0 saturated carbocycles. The van der Waals surface area contributed by atoms with E-state index in [2.05, 4.69) is 15.6 Å². The molecule has 0 atom stereocenters. The van der Waals surface area contributed by atoms with Crippen LogP contribution >= 0.6 is 11.3 Å². The fourth-order valence-electron chi connectivity index (χ4n) is 3.85. The zero-order chi connectivity index (χ0) is 25.6.